The van der Waals surface area contributed by atoms with Crippen LogP contribution in [-0.2, 0) is 11.8 Å². The van der Waals surface area contributed by atoms with Gasteiger partial charge >= 0.3 is 6.36 Å². The molecule has 0 aliphatic carbocycles. The molecule has 1 aliphatic heterocycles. The Kier molecular flexibility index (Phi) is 7.43. The van der Waals surface area contributed by atoms with E-state index in [4.69, 9.17) is 0 Å². The van der Waals surface area contributed by atoms with Crippen LogP contribution in [0.5, 0.6) is 5.75 Å². The van der Waals surface area contributed by atoms with Crippen molar-refractivity contribution in [1.29, 1.82) is 0 Å². The van der Waals surface area contributed by atoms with Crippen molar-refractivity contribution in [2.24, 2.45) is 13.0 Å². The number of hydrogen-bond acceptors (Lipinski definition) is 7. The van der Waals surface area contributed by atoms with Gasteiger partial charge in [-0.05, 0) is 49.1 Å². The van der Waals surface area contributed by atoms with E-state index in [9.17, 15) is 27.2 Å². The minimum Gasteiger partial charge on any atom is -0.406 e. The van der Waals surface area contributed by atoms with E-state index in [-0.39, 0.29) is 42.9 Å². The number of benzene rings is 2. The Hall–Kier alpha value is -3.74. The second-order valence-corrected chi connectivity index (χ2v) is 10.5. The molecule has 5 rings (SSSR count). The predicted octanol–water partition coefficient (Wildman–Crippen LogP) is 6.00. The van der Waals surface area contributed by atoms with E-state index in [0.717, 1.165) is 16.9 Å². The minimum absolute atomic E-state index is 0.0144. The lowest BCUT2D eigenvalue weighted by atomic mass is 9.98. The molecule has 4 aromatic rings. The van der Waals surface area contributed by atoms with E-state index < -0.39 is 6.36 Å². The third kappa shape index (κ3) is 6.13. The molecule has 1 N–H and O–H groups in total. The number of aryl methyl sites for hydroxylation is 1. The van der Waals surface area contributed by atoms with Gasteiger partial charge in [-0.15, -0.1) is 13.2 Å². The quantitative estimate of drug-likeness (QED) is 0.209. The third-order valence-corrected chi connectivity index (χ3v) is 7.70. The summed E-state index contributed by atoms with van der Waals surface area (Å²) < 4.78 is 56.7. The van der Waals surface area contributed by atoms with E-state index in [1.807, 2.05) is 0 Å². The molecule has 0 atom stereocenters. The number of anilines is 2. The summed E-state index contributed by atoms with van der Waals surface area (Å²) in [6.45, 7) is 0.679. The van der Waals surface area contributed by atoms with Gasteiger partial charge in [-0.25, -0.2) is 9.97 Å². The SMILES string of the molecule is Cn1c(Nc2nc3ccc(OC(F)(F)F)cc3s2)nc2cc(C(=O)CCC(=O)N3CCC(CF)CC3)ccc21. The third-order valence-electron chi connectivity index (χ3n) is 6.77. The Labute approximate surface area is 224 Å². The number of likely N-dealkylation sites (tertiary alicyclic amines) is 1. The van der Waals surface area contributed by atoms with Crippen LogP contribution < -0.4 is 10.1 Å². The van der Waals surface area contributed by atoms with Crippen LogP contribution in [0.15, 0.2) is 36.4 Å². The number of carbonyl (C=O) groups is 2. The molecule has 0 saturated carbocycles. The first kappa shape index (κ1) is 26.9. The van der Waals surface area contributed by atoms with Gasteiger partial charge in [-0.2, -0.15) is 0 Å². The van der Waals surface area contributed by atoms with Crippen LogP contribution in [0.25, 0.3) is 21.3 Å². The molecule has 3 heterocycles. The maximum atomic E-state index is 12.8. The van der Waals surface area contributed by atoms with E-state index >= 15 is 0 Å². The molecule has 1 aliphatic rings. The number of nitrogens with one attached hydrogen (secondary N) is 1. The number of carbonyl (C=O) groups excluding carboxylic acids is 2. The first-order valence-corrected chi connectivity index (χ1v) is 13.2. The molecule has 13 heteroatoms. The maximum Gasteiger partial charge on any atom is 0.573 e. The minimum atomic E-state index is -4.78. The van der Waals surface area contributed by atoms with Gasteiger partial charge in [0, 0.05) is 44.6 Å². The van der Waals surface area contributed by atoms with Gasteiger partial charge < -0.3 is 19.5 Å². The van der Waals surface area contributed by atoms with Crippen molar-refractivity contribution < 1.29 is 31.9 Å². The van der Waals surface area contributed by atoms with Gasteiger partial charge in [0.1, 0.15) is 5.75 Å². The van der Waals surface area contributed by atoms with E-state index in [2.05, 4.69) is 20.0 Å². The first-order valence-electron chi connectivity index (χ1n) is 12.4. The van der Waals surface area contributed by atoms with Crippen LogP contribution in [0.4, 0.5) is 28.6 Å². The highest BCUT2D eigenvalue weighted by Crippen LogP contribution is 2.33. The molecule has 0 spiro atoms. The summed E-state index contributed by atoms with van der Waals surface area (Å²) in [5.41, 5.74) is 2.26. The molecular formula is C26H25F4N5O3S. The fourth-order valence-corrected chi connectivity index (χ4v) is 5.48. The number of imidazole rings is 1. The Morgan fingerprint density at radius 2 is 1.85 bits per heavy atom. The molecule has 2 aromatic heterocycles. The molecular weight excluding hydrogens is 538 g/mol. The molecule has 2 aromatic carbocycles. The number of thiazole rings is 1. The Morgan fingerprint density at radius 1 is 1.08 bits per heavy atom. The lowest BCUT2D eigenvalue weighted by Crippen LogP contribution is -2.39. The van der Waals surface area contributed by atoms with Crippen molar-refractivity contribution in [3.63, 3.8) is 0 Å². The van der Waals surface area contributed by atoms with Crippen molar-refractivity contribution in [3.8, 4) is 5.75 Å². The summed E-state index contributed by atoms with van der Waals surface area (Å²) in [5, 5.41) is 3.52. The first-order chi connectivity index (χ1) is 18.6. The number of ether oxygens (including phenoxy) is 1. The Morgan fingerprint density at radius 3 is 2.56 bits per heavy atom. The van der Waals surface area contributed by atoms with Gasteiger partial charge in [0.2, 0.25) is 11.9 Å². The standard InChI is InChI=1S/C26H25F4N5O3S/c1-34-20-5-2-16(21(36)6-7-23(37)35-10-8-15(14-27)9-11-35)12-19(20)31-24(34)33-25-32-18-4-3-17(13-22(18)39-25)38-26(28,29)30/h2-5,12-13,15H,6-11,14H2,1H3,(H,31,32,33). The van der Waals surface area contributed by atoms with Crippen LogP contribution in [0.1, 0.15) is 36.0 Å². The van der Waals surface area contributed by atoms with Crippen LogP contribution in [0.2, 0.25) is 0 Å². The fraction of sp³-hybridized carbons (Fsp3) is 0.385. The summed E-state index contributed by atoms with van der Waals surface area (Å²) in [7, 11) is 1.78. The van der Waals surface area contributed by atoms with Crippen molar-refractivity contribution in [1.82, 2.24) is 19.4 Å². The summed E-state index contributed by atoms with van der Waals surface area (Å²) in [4.78, 5) is 36.0. The van der Waals surface area contributed by atoms with Gasteiger partial charge in [0.15, 0.2) is 10.9 Å². The highest BCUT2D eigenvalue weighted by atomic mass is 32.1. The molecule has 0 bridgehead atoms. The van der Waals surface area contributed by atoms with Gasteiger partial charge in [-0.1, -0.05) is 11.3 Å². The zero-order valence-corrected chi connectivity index (χ0v) is 21.7. The topological polar surface area (TPSA) is 89.3 Å². The van der Waals surface area contributed by atoms with Crippen LogP contribution >= 0.6 is 11.3 Å². The zero-order chi connectivity index (χ0) is 27.7. The molecule has 8 nitrogen and oxygen atoms in total. The number of piperidine rings is 1. The monoisotopic (exact) mass is 563 g/mol. The second-order valence-electron chi connectivity index (χ2n) is 9.42. The van der Waals surface area contributed by atoms with Crippen molar-refractivity contribution in [2.75, 3.05) is 25.1 Å². The number of amides is 1. The molecule has 0 radical (unpaired) electrons. The summed E-state index contributed by atoms with van der Waals surface area (Å²) >= 11 is 1.15. The van der Waals surface area contributed by atoms with E-state index in [0.29, 0.717) is 58.3 Å². The zero-order valence-electron chi connectivity index (χ0n) is 20.9. The summed E-state index contributed by atoms with van der Waals surface area (Å²) in [6, 6.07) is 9.04. The number of halogens is 4. The van der Waals surface area contributed by atoms with Crippen LogP contribution in [0.3, 0.4) is 0 Å². The maximum absolute atomic E-state index is 12.8. The number of fused-ring (bicyclic) bond motifs is 2. The highest BCUT2D eigenvalue weighted by Gasteiger charge is 2.31. The lowest BCUT2D eigenvalue weighted by molar-refractivity contribution is -0.274. The number of ketones is 1. The average molecular weight is 564 g/mol. The van der Waals surface area contributed by atoms with Crippen LogP contribution in [-0.4, -0.2) is 57.3 Å². The molecule has 1 fully saturated rings. The fourth-order valence-electron chi connectivity index (χ4n) is 4.60. The molecule has 1 amide bonds. The van der Waals surface area contributed by atoms with E-state index in [1.54, 1.807) is 34.7 Å². The van der Waals surface area contributed by atoms with Gasteiger partial charge in [0.25, 0.3) is 0 Å². The number of aromatic nitrogens is 3. The van der Waals surface area contributed by atoms with Gasteiger partial charge in [-0.3, -0.25) is 14.0 Å². The normalized spacial score (nSPS) is 14.7. The second kappa shape index (κ2) is 10.8. The molecule has 1 saturated heterocycles. The van der Waals surface area contributed by atoms with Crippen molar-refractivity contribution in [3.05, 3.63) is 42.0 Å². The number of nitrogens with zero attached hydrogens (tertiary/aromatic N) is 4. The average Bonchev–Trinajstić information content (AvgIpc) is 3.45. The predicted molar refractivity (Wildman–Crippen MR) is 139 cm³/mol. The smallest absolute Gasteiger partial charge is 0.406 e. The molecule has 206 valence electrons. The Balaban J connectivity index is 1.25. The highest BCUT2D eigenvalue weighted by molar-refractivity contribution is 7.22. The van der Waals surface area contributed by atoms with Crippen LogP contribution in [0, 0.1) is 5.92 Å². The largest absolute Gasteiger partial charge is 0.573 e. The summed E-state index contributed by atoms with van der Waals surface area (Å²) in [5.74, 6) is -0.146. The number of alkyl halides is 4. The van der Waals surface area contributed by atoms with Crippen molar-refractivity contribution >= 4 is 55.4 Å². The number of rotatable bonds is 8. The number of Topliss-reactive ketones (excluding diaryl/α,β-unsaturated/α-hetero) is 1. The van der Waals surface area contributed by atoms with E-state index in [1.165, 1.54) is 18.2 Å². The molecule has 39 heavy (non-hydrogen) atoms. The molecule has 0 unspecified atom stereocenters. The lowest BCUT2D eigenvalue weighted by Gasteiger charge is -2.30. The summed E-state index contributed by atoms with van der Waals surface area (Å²) in [6.07, 6.45) is -3.33. The van der Waals surface area contributed by atoms with Gasteiger partial charge in [0.05, 0.1) is 27.9 Å². The van der Waals surface area contributed by atoms with Crippen molar-refractivity contribution in [2.45, 2.75) is 32.0 Å². The Bertz CT molecular complexity index is 1530. The number of hydrogen-bond donors (Lipinski definition) is 1.